The molecule has 0 aromatic rings. The van der Waals surface area contributed by atoms with E-state index in [0.29, 0.717) is 13.0 Å². The van der Waals surface area contributed by atoms with Crippen LogP contribution in [0.15, 0.2) is 0 Å². The average Bonchev–Trinajstić information content (AvgIpc) is 2.44. The number of nitrogens with one attached hydrogen (secondary N) is 1. The number of carbonyl (C=O) groups excluding carboxylic acids is 2. The minimum atomic E-state index is -1.37. The Hall–Kier alpha value is -1.47. The predicted molar refractivity (Wildman–Crippen MR) is 44.9 cm³/mol. The second-order valence-corrected chi connectivity index (χ2v) is 3.45. The lowest BCUT2D eigenvalue weighted by Gasteiger charge is -2.30. The van der Waals surface area contributed by atoms with Crippen LogP contribution in [0.3, 0.4) is 0 Å². The van der Waals surface area contributed by atoms with Crippen LogP contribution >= 0.6 is 0 Å². The van der Waals surface area contributed by atoms with E-state index in [1.165, 1.54) is 0 Å². The quantitative estimate of drug-likeness (QED) is 0.490. The number of carboxylic acid groups (broad SMARTS) is 2. The first-order valence-corrected chi connectivity index (χ1v) is 4.53. The van der Waals surface area contributed by atoms with Crippen molar-refractivity contribution < 1.29 is 29.2 Å². The molecule has 7 nitrogen and oxygen atoms in total. The summed E-state index contributed by atoms with van der Waals surface area (Å²) in [5, 5.41) is 18.9. The highest BCUT2D eigenvalue weighted by atomic mass is 16.4. The molecule has 1 aliphatic rings. The number of rotatable bonds is 5. The van der Waals surface area contributed by atoms with Gasteiger partial charge in [0.2, 0.25) is 0 Å². The largest absolute Gasteiger partial charge is 0.544 e. The molecule has 1 saturated heterocycles. The van der Waals surface area contributed by atoms with Gasteiger partial charge >= 0.3 is 11.9 Å². The van der Waals surface area contributed by atoms with E-state index in [2.05, 4.69) is 5.43 Å². The molecule has 0 radical (unpaired) electrons. The van der Waals surface area contributed by atoms with Gasteiger partial charge in [0.05, 0.1) is 12.4 Å². The minimum Gasteiger partial charge on any atom is -0.544 e. The highest BCUT2D eigenvalue weighted by molar-refractivity contribution is 5.75. The highest BCUT2D eigenvalue weighted by Crippen LogP contribution is 2.17. The van der Waals surface area contributed by atoms with Crippen molar-refractivity contribution in [3.63, 3.8) is 0 Å². The molecule has 1 aliphatic heterocycles. The molecule has 0 aliphatic carbocycles. The standard InChI is InChI=1S/C8H12N2O5/c11-6-2-1-3-10(6,5-8(14)15)9-4-7(12)13/h9H,1-5H2,(H-,12,13,14,15). The first-order chi connectivity index (χ1) is 6.96. The minimum absolute atomic E-state index is 0.264. The number of hydrogen-bond donors (Lipinski definition) is 2. The number of nitrogens with zero attached hydrogens (tertiary/aromatic N) is 1. The van der Waals surface area contributed by atoms with Crippen molar-refractivity contribution in [1.29, 1.82) is 0 Å². The summed E-state index contributed by atoms with van der Waals surface area (Å²) < 4.78 is -0.519. The maximum atomic E-state index is 11.5. The molecule has 1 unspecified atom stereocenters. The Bertz CT molecular complexity index is 303. The Kier molecular flexibility index (Phi) is 3.38. The van der Waals surface area contributed by atoms with E-state index in [1.807, 2.05) is 0 Å². The summed E-state index contributed by atoms with van der Waals surface area (Å²) in [6.07, 6.45) is 0.818. The molecule has 15 heavy (non-hydrogen) atoms. The lowest BCUT2D eigenvalue weighted by molar-refractivity contribution is -0.885. The first-order valence-electron chi connectivity index (χ1n) is 4.53. The molecular weight excluding hydrogens is 204 g/mol. The number of carbonyl (C=O) groups is 3. The molecule has 1 heterocycles. The van der Waals surface area contributed by atoms with Gasteiger partial charge in [-0.1, -0.05) is 0 Å². The third-order valence-electron chi connectivity index (χ3n) is 2.34. The van der Waals surface area contributed by atoms with Crippen LogP contribution < -0.4 is 10.5 Å². The first kappa shape index (κ1) is 11.6. The van der Waals surface area contributed by atoms with Crippen molar-refractivity contribution in [1.82, 2.24) is 5.43 Å². The van der Waals surface area contributed by atoms with Gasteiger partial charge in [0.1, 0.15) is 19.6 Å². The summed E-state index contributed by atoms with van der Waals surface area (Å²) in [6, 6.07) is 0. The Morgan fingerprint density at radius 1 is 1.53 bits per heavy atom. The zero-order valence-electron chi connectivity index (χ0n) is 8.06. The monoisotopic (exact) mass is 216 g/mol. The molecule has 0 spiro atoms. The van der Waals surface area contributed by atoms with Crippen molar-refractivity contribution in [2.45, 2.75) is 12.8 Å². The van der Waals surface area contributed by atoms with E-state index in [4.69, 9.17) is 5.11 Å². The molecule has 0 aromatic carbocycles. The Balaban J connectivity index is 2.72. The van der Waals surface area contributed by atoms with Crippen LogP contribution in [0.5, 0.6) is 0 Å². The van der Waals surface area contributed by atoms with Gasteiger partial charge in [-0.3, -0.25) is 4.79 Å². The molecule has 1 fully saturated rings. The van der Waals surface area contributed by atoms with Crippen LogP contribution in [0, 0.1) is 0 Å². The summed E-state index contributed by atoms with van der Waals surface area (Å²) in [4.78, 5) is 32.3. The van der Waals surface area contributed by atoms with Crippen molar-refractivity contribution >= 4 is 17.8 Å². The van der Waals surface area contributed by atoms with Gasteiger partial charge in [-0.25, -0.2) is 4.79 Å². The second-order valence-electron chi connectivity index (χ2n) is 3.45. The van der Waals surface area contributed by atoms with Crippen LogP contribution in [0.25, 0.3) is 0 Å². The van der Waals surface area contributed by atoms with E-state index in [9.17, 15) is 19.5 Å². The molecule has 1 rings (SSSR count). The lowest BCUT2D eigenvalue weighted by atomic mass is 10.4. The normalized spacial score (nSPS) is 25.5. The van der Waals surface area contributed by atoms with E-state index in [1.54, 1.807) is 0 Å². The fourth-order valence-electron chi connectivity index (χ4n) is 1.67. The zero-order valence-corrected chi connectivity index (χ0v) is 8.06. The van der Waals surface area contributed by atoms with E-state index in [0.717, 1.165) is 0 Å². The lowest BCUT2D eigenvalue weighted by Crippen LogP contribution is -2.63. The topological polar surface area (TPSA) is 107 Å². The molecule has 0 saturated carbocycles. The molecule has 0 aromatic heterocycles. The van der Waals surface area contributed by atoms with E-state index in [-0.39, 0.29) is 12.3 Å². The number of likely N-dealkylation sites (tertiary alicyclic amines) is 1. The van der Waals surface area contributed by atoms with Crippen LogP contribution in [-0.4, -0.2) is 47.2 Å². The SMILES string of the molecule is O=C([O-])C[N+]1(NCC(=O)O)CCCC1=O. The van der Waals surface area contributed by atoms with Crippen molar-refractivity contribution in [3.8, 4) is 0 Å². The fourth-order valence-corrected chi connectivity index (χ4v) is 1.67. The van der Waals surface area contributed by atoms with E-state index < -0.39 is 29.6 Å². The highest BCUT2D eigenvalue weighted by Gasteiger charge is 2.42. The third-order valence-corrected chi connectivity index (χ3v) is 2.34. The summed E-state index contributed by atoms with van der Waals surface area (Å²) in [6.45, 7) is -0.675. The van der Waals surface area contributed by atoms with Gasteiger partial charge in [0.15, 0.2) is 0 Å². The van der Waals surface area contributed by atoms with Gasteiger partial charge < -0.3 is 15.0 Å². The number of aliphatic carboxylic acids is 2. The molecule has 7 heteroatoms. The van der Waals surface area contributed by atoms with Gasteiger partial charge in [0.25, 0.3) is 0 Å². The Morgan fingerprint density at radius 2 is 2.20 bits per heavy atom. The number of amides is 1. The number of carboxylic acids is 2. The summed E-state index contributed by atoms with van der Waals surface area (Å²) in [7, 11) is 0. The van der Waals surface area contributed by atoms with Gasteiger partial charge in [0, 0.05) is 6.42 Å². The molecule has 0 bridgehead atoms. The summed E-state index contributed by atoms with van der Waals surface area (Å²) in [5.41, 5.74) is 2.44. The molecule has 1 atom stereocenters. The smallest absolute Gasteiger partial charge is 0.333 e. The predicted octanol–water partition coefficient (Wildman–Crippen LogP) is -2.54. The Labute approximate surface area is 85.9 Å². The summed E-state index contributed by atoms with van der Waals surface area (Å²) in [5.74, 6) is -2.81. The number of hydrogen-bond acceptors (Lipinski definition) is 5. The van der Waals surface area contributed by atoms with Crippen LogP contribution in [0.1, 0.15) is 12.8 Å². The zero-order chi connectivity index (χ0) is 11.5. The Morgan fingerprint density at radius 3 is 2.60 bits per heavy atom. The number of quaternary nitrogens is 1. The molecule has 2 N–H and O–H groups in total. The summed E-state index contributed by atoms with van der Waals surface area (Å²) >= 11 is 0. The van der Waals surface area contributed by atoms with Gasteiger partial charge in [-0.15, -0.1) is 5.43 Å². The second kappa shape index (κ2) is 4.37. The molecule has 1 amide bonds. The van der Waals surface area contributed by atoms with Crippen LogP contribution in [0.4, 0.5) is 0 Å². The van der Waals surface area contributed by atoms with Gasteiger partial charge in [-0.05, 0) is 0 Å². The fraction of sp³-hybridized carbons (Fsp3) is 0.625. The maximum absolute atomic E-state index is 11.5. The van der Waals surface area contributed by atoms with E-state index >= 15 is 0 Å². The van der Waals surface area contributed by atoms with Crippen molar-refractivity contribution in [2.75, 3.05) is 19.6 Å². The van der Waals surface area contributed by atoms with Crippen LogP contribution in [0.2, 0.25) is 0 Å². The van der Waals surface area contributed by atoms with Crippen LogP contribution in [-0.2, 0) is 14.4 Å². The van der Waals surface area contributed by atoms with Crippen molar-refractivity contribution in [2.24, 2.45) is 0 Å². The van der Waals surface area contributed by atoms with Gasteiger partial charge in [-0.2, -0.15) is 4.59 Å². The van der Waals surface area contributed by atoms with Crippen molar-refractivity contribution in [3.05, 3.63) is 0 Å². The average molecular weight is 216 g/mol. The third kappa shape index (κ3) is 2.74. The maximum Gasteiger partial charge on any atom is 0.333 e. The molecule has 84 valence electrons. The molecular formula is C8H12N2O5.